The van der Waals surface area contributed by atoms with Crippen molar-refractivity contribution >= 4 is 11.8 Å². The van der Waals surface area contributed by atoms with Crippen LogP contribution in [0, 0.1) is 0 Å². The lowest BCUT2D eigenvalue weighted by Gasteiger charge is -2.03. The molecule has 2 aromatic rings. The standard InChI is InChI=1S/C16H18S/c1-2-14-8-10-15(11-9-14)12-13-17-16-6-4-3-5-7-16/h3-11H,2,12-13H2,1H3. The van der Waals surface area contributed by atoms with Crippen molar-refractivity contribution in [3.8, 4) is 0 Å². The molecule has 2 rings (SSSR count). The van der Waals surface area contributed by atoms with Gasteiger partial charge in [-0.2, -0.15) is 0 Å². The van der Waals surface area contributed by atoms with Gasteiger partial charge >= 0.3 is 0 Å². The van der Waals surface area contributed by atoms with E-state index in [1.807, 2.05) is 11.8 Å². The van der Waals surface area contributed by atoms with Crippen molar-refractivity contribution in [1.82, 2.24) is 0 Å². The fourth-order valence-corrected chi connectivity index (χ4v) is 2.67. The molecule has 0 aromatic heterocycles. The van der Waals surface area contributed by atoms with Gasteiger partial charge in [0.25, 0.3) is 0 Å². The smallest absolute Gasteiger partial charge is 0.00720 e. The van der Waals surface area contributed by atoms with Gasteiger partial charge in [0.05, 0.1) is 0 Å². The molecule has 0 spiro atoms. The molecule has 0 saturated carbocycles. The van der Waals surface area contributed by atoms with Crippen LogP contribution in [0.2, 0.25) is 0 Å². The second-order valence-electron chi connectivity index (χ2n) is 4.08. The first-order chi connectivity index (χ1) is 8.38. The van der Waals surface area contributed by atoms with Gasteiger partial charge in [-0.05, 0) is 36.1 Å². The Hall–Kier alpha value is -1.21. The van der Waals surface area contributed by atoms with Gasteiger partial charge in [-0.15, -0.1) is 11.8 Å². The lowest BCUT2D eigenvalue weighted by molar-refractivity contribution is 1.11. The maximum Gasteiger partial charge on any atom is 0.00720 e. The van der Waals surface area contributed by atoms with Crippen LogP contribution in [0.1, 0.15) is 18.1 Å². The molecule has 0 fully saturated rings. The highest BCUT2D eigenvalue weighted by molar-refractivity contribution is 7.99. The third-order valence-electron chi connectivity index (χ3n) is 2.83. The maximum absolute atomic E-state index is 2.25. The van der Waals surface area contributed by atoms with Crippen LogP contribution in [0.4, 0.5) is 0 Å². The predicted molar refractivity (Wildman–Crippen MR) is 76.7 cm³/mol. The number of aryl methyl sites for hydroxylation is 2. The van der Waals surface area contributed by atoms with Crippen LogP contribution in [0.15, 0.2) is 59.5 Å². The summed E-state index contributed by atoms with van der Waals surface area (Å²) >= 11 is 1.93. The summed E-state index contributed by atoms with van der Waals surface area (Å²) in [7, 11) is 0. The molecule has 0 radical (unpaired) electrons. The molecule has 2 aromatic carbocycles. The van der Waals surface area contributed by atoms with Crippen molar-refractivity contribution in [2.75, 3.05) is 5.75 Å². The highest BCUT2D eigenvalue weighted by Crippen LogP contribution is 2.18. The average Bonchev–Trinajstić information content (AvgIpc) is 2.41. The Morgan fingerprint density at radius 2 is 1.47 bits per heavy atom. The quantitative estimate of drug-likeness (QED) is 0.691. The lowest BCUT2D eigenvalue weighted by atomic mass is 10.1. The van der Waals surface area contributed by atoms with Crippen LogP contribution in [0.25, 0.3) is 0 Å². The summed E-state index contributed by atoms with van der Waals surface area (Å²) < 4.78 is 0. The molecule has 0 unspecified atom stereocenters. The van der Waals surface area contributed by atoms with E-state index in [1.54, 1.807) is 0 Å². The molecule has 0 aliphatic carbocycles. The van der Waals surface area contributed by atoms with Gasteiger partial charge in [0, 0.05) is 10.6 Å². The molecular formula is C16H18S. The zero-order valence-corrected chi connectivity index (χ0v) is 11.0. The number of thioether (sulfide) groups is 1. The third-order valence-corrected chi connectivity index (χ3v) is 3.85. The van der Waals surface area contributed by atoms with Gasteiger partial charge in [-0.1, -0.05) is 49.4 Å². The van der Waals surface area contributed by atoms with Crippen LogP contribution in [0.3, 0.4) is 0 Å². The largest absolute Gasteiger partial charge is 0.126 e. The van der Waals surface area contributed by atoms with E-state index in [4.69, 9.17) is 0 Å². The Bertz CT molecular complexity index is 431. The lowest BCUT2D eigenvalue weighted by Crippen LogP contribution is -1.89. The first-order valence-corrected chi connectivity index (χ1v) is 7.12. The molecule has 0 saturated heterocycles. The SMILES string of the molecule is CCc1ccc(CCSc2ccccc2)cc1. The molecule has 17 heavy (non-hydrogen) atoms. The topological polar surface area (TPSA) is 0 Å². The summed E-state index contributed by atoms with van der Waals surface area (Å²) in [5, 5.41) is 0. The second-order valence-corrected chi connectivity index (χ2v) is 5.25. The van der Waals surface area contributed by atoms with E-state index in [1.165, 1.54) is 16.0 Å². The van der Waals surface area contributed by atoms with Crippen molar-refractivity contribution < 1.29 is 0 Å². The minimum Gasteiger partial charge on any atom is -0.126 e. The van der Waals surface area contributed by atoms with Crippen LogP contribution in [-0.4, -0.2) is 5.75 Å². The summed E-state index contributed by atoms with van der Waals surface area (Å²) in [6.07, 6.45) is 2.27. The van der Waals surface area contributed by atoms with Crippen LogP contribution < -0.4 is 0 Å². The van der Waals surface area contributed by atoms with Gasteiger partial charge in [0.15, 0.2) is 0 Å². The fourth-order valence-electron chi connectivity index (χ4n) is 1.75. The minimum atomic E-state index is 1.12. The Labute approximate surface area is 108 Å². The van der Waals surface area contributed by atoms with E-state index in [-0.39, 0.29) is 0 Å². The average molecular weight is 242 g/mol. The van der Waals surface area contributed by atoms with Gasteiger partial charge in [0.2, 0.25) is 0 Å². The van der Waals surface area contributed by atoms with E-state index < -0.39 is 0 Å². The number of rotatable bonds is 5. The molecule has 0 N–H and O–H groups in total. The second kappa shape index (κ2) is 6.51. The van der Waals surface area contributed by atoms with Gasteiger partial charge < -0.3 is 0 Å². The summed E-state index contributed by atoms with van der Waals surface area (Å²) in [5.41, 5.74) is 2.86. The molecule has 1 heteroatoms. The molecule has 0 heterocycles. The molecule has 0 amide bonds. The highest BCUT2D eigenvalue weighted by Gasteiger charge is 1.96. The van der Waals surface area contributed by atoms with E-state index in [2.05, 4.69) is 61.5 Å². The summed E-state index contributed by atoms with van der Waals surface area (Å²) in [4.78, 5) is 1.36. The third kappa shape index (κ3) is 3.94. The van der Waals surface area contributed by atoms with E-state index >= 15 is 0 Å². The normalized spacial score (nSPS) is 10.4. The maximum atomic E-state index is 2.25. The first kappa shape index (κ1) is 12.3. The van der Waals surface area contributed by atoms with Crippen LogP contribution in [-0.2, 0) is 12.8 Å². The first-order valence-electron chi connectivity index (χ1n) is 6.14. The Morgan fingerprint density at radius 1 is 0.824 bits per heavy atom. The van der Waals surface area contributed by atoms with Gasteiger partial charge in [0.1, 0.15) is 0 Å². The molecule has 0 atom stereocenters. The van der Waals surface area contributed by atoms with Crippen molar-refractivity contribution in [1.29, 1.82) is 0 Å². The van der Waals surface area contributed by atoms with E-state index in [9.17, 15) is 0 Å². The van der Waals surface area contributed by atoms with Crippen molar-refractivity contribution in [2.45, 2.75) is 24.7 Å². The monoisotopic (exact) mass is 242 g/mol. The van der Waals surface area contributed by atoms with Crippen molar-refractivity contribution in [2.24, 2.45) is 0 Å². The Kier molecular flexibility index (Phi) is 4.69. The molecule has 0 bridgehead atoms. The zero-order chi connectivity index (χ0) is 11.9. The predicted octanol–water partition coefficient (Wildman–Crippen LogP) is 4.58. The van der Waals surface area contributed by atoms with Gasteiger partial charge in [-0.25, -0.2) is 0 Å². The highest BCUT2D eigenvalue weighted by atomic mass is 32.2. The van der Waals surface area contributed by atoms with Crippen LogP contribution >= 0.6 is 11.8 Å². The van der Waals surface area contributed by atoms with Crippen LogP contribution in [0.5, 0.6) is 0 Å². The molecule has 0 nitrogen and oxygen atoms in total. The number of hydrogen-bond acceptors (Lipinski definition) is 1. The molecule has 0 aliphatic heterocycles. The Balaban J connectivity index is 1.82. The van der Waals surface area contributed by atoms with E-state index in [0.717, 1.165) is 18.6 Å². The van der Waals surface area contributed by atoms with Crippen molar-refractivity contribution in [3.05, 3.63) is 65.7 Å². The van der Waals surface area contributed by atoms with Crippen molar-refractivity contribution in [3.63, 3.8) is 0 Å². The molecule has 0 aliphatic rings. The summed E-state index contributed by atoms with van der Waals surface area (Å²) in [6.45, 7) is 2.19. The zero-order valence-electron chi connectivity index (χ0n) is 10.2. The molecule has 88 valence electrons. The number of benzene rings is 2. The van der Waals surface area contributed by atoms with Gasteiger partial charge in [-0.3, -0.25) is 0 Å². The minimum absolute atomic E-state index is 1.12. The summed E-state index contributed by atoms with van der Waals surface area (Å²) in [5.74, 6) is 1.15. The van der Waals surface area contributed by atoms with E-state index in [0.29, 0.717) is 0 Å². The molecular weight excluding hydrogens is 224 g/mol. The number of hydrogen-bond donors (Lipinski definition) is 0. The summed E-state index contributed by atoms with van der Waals surface area (Å²) in [6, 6.07) is 19.6. The fraction of sp³-hybridized carbons (Fsp3) is 0.250. The Morgan fingerprint density at radius 3 is 2.12 bits per heavy atom.